The van der Waals surface area contributed by atoms with Gasteiger partial charge in [0.25, 0.3) is 0 Å². The molecule has 0 aliphatic heterocycles. The lowest BCUT2D eigenvalue weighted by atomic mass is 10.1. The quantitative estimate of drug-likeness (QED) is 0.608. The molecule has 4 nitrogen and oxygen atoms in total. The molecule has 0 fully saturated rings. The highest BCUT2D eigenvalue weighted by Crippen LogP contribution is 2.11. The molecule has 0 bridgehead atoms. The molecule has 0 saturated heterocycles. The molecule has 2 rings (SSSR count). The second-order valence-corrected chi connectivity index (χ2v) is 4.78. The molecule has 0 aliphatic carbocycles. The van der Waals surface area contributed by atoms with E-state index >= 15 is 0 Å². The zero-order chi connectivity index (χ0) is 15.8. The van der Waals surface area contributed by atoms with E-state index in [-0.39, 0.29) is 5.97 Å². The minimum absolute atomic E-state index is 0.339. The highest BCUT2D eigenvalue weighted by molar-refractivity contribution is 5.84. The van der Waals surface area contributed by atoms with Gasteiger partial charge in [0.05, 0.1) is 14.2 Å². The van der Waals surface area contributed by atoms with Crippen LogP contribution in [0.15, 0.2) is 59.6 Å². The second-order valence-electron chi connectivity index (χ2n) is 4.78. The van der Waals surface area contributed by atoms with Crippen molar-refractivity contribution in [2.24, 2.45) is 4.99 Å². The van der Waals surface area contributed by atoms with Crippen LogP contribution in [0.25, 0.3) is 0 Å². The van der Waals surface area contributed by atoms with Gasteiger partial charge in [-0.25, -0.2) is 4.79 Å². The summed E-state index contributed by atoms with van der Waals surface area (Å²) >= 11 is 0. The van der Waals surface area contributed by atoms with E-state index in [2.05, 4.69) is 4.99 Å². The Balaban J connectivity index is 2.11. The molecule has 0 N–H and O–H groups in total. The maximum absolute atomic E-state index is 11.9. The van der Waals surface area contributed by atoms with Gasteiger partial charge >= 0.3 is 5.97 Å². The lowest BCUT2D eigenvalue weighted by Gasteiger charge is -2.10. The van der Waals surface area contributed by atoms with Gasteiger partial charge in [0.2, 0.25) is 0 Å². The summed E-state index contributed by atoms with van der Waals surface area (Å²) in [6.45, 7) is 0. The maximum Gasteiger partial charge on any atom is 0.330 e. The van der Waals surface area contributed by atoms with Gasteiger partial charge in [0.15, 0.2) is 6.04 Å². The van der Waals surface area contributed by atoms with E-state index in [4.69, 9.17) is 9.47 Å². The zero-order valence-electron chi connectivity index (χ0n) is 12.7. The number of nitrogens with zero attached hydrogens (tertiary/aromatic N) is 1. The highest BCUT2D eigenvalue weighted by Gasteiger charge is 2.17. The van der Waals surface area contributed by atoms with Gasteiger partial charge in [0.1, 0.15) is 5.75 Å². The number of carbonyl (C=O) groups is 1. The van der Waals surface area contributed by atoms with Crippen LogP contribution >= 0.6 is 0 Å². The molecule has 2 aromatic carbocycles. The van der Waals surface area contributed by atoms with Gasteiger partial charge in [0, 0.05) is 12.6 Å². The van der Waals surface area contributed by atoms with Gasteiger partial charge in [-0.05, 0) is 35.4 Å². The molecule has 0 aliphatic rings. The van der Waals surface area contributed by atoms with Crippen LogP contribution in [0.3, 0.4) is 0 Å². The standard InChI is InChI=1S/C18H19NO3/c1-21-16-10-8-15(9-11-16)13-19-17(18(20)22-2)12-14-6-4-3-5-7-14/h3-11,13,17H,12H2,1-2H3/b19-13-/t17-/m0/s1. The van der Waals surface area contributed by atoms with Gasteiger partial charge < -0.3 is 9.47 Å². The lowest BCUT2D eigenvalue weighted by molar-refractivity contribution is -0.142. The summed E-state index contributed by atoms with van der Waals surface area (Å²) in [6.07, 6.45) is 2.20. The number of carbonyl (C=O) groups excluding carboxylic acids is 1. The zero-order valence-corrected chi connectivity index (χ0v) is 12.7. The third kappa shape index (κ3) is 4.45. The fourth-order valence-corrected chi connectivity index (χ4v) is 2.04. The SMILES string of the molecule is COC(=O)[C@H](Cc1ccccc1)/N=C\c1ccc(OC)cc1. The van der Waals surface area contributed by atoms with Crippen LogP contribution in [-0.4, -0.2) is 32.4 Å². The average Bonchev–Trinajstić information content (AvgIpc) is 2.59. The smallest absolute Gasteiger partial charge is 0.330 e. The van der Waals surface area contributed by atoms with E-state index in [0.717, 1.165) is 16.9 Å². The summed E-state index contributed by atoms with van der Waals surface area (Å²) in [5.74, 6) is 0.444. The summed E-state index contributed by atoms with van der Waals surface area (Å²) in [7, 11) is 3.00. The van der Waals surface area contributed by atoms with E-state index in [1.165, 1.54) is 7.11 Å². The third-order valence-corrected chi connectivity index (χ3v) is 3.26. The molecule has 0 saturated carbocycles. The minimum atomic E-state index is -0.547. The van der Waals surface area contributed by atoms with Crippen molar-refractivity contribution >= 4 is 12.2 Å². The van der Waals surface area contributed by atoms with E-state index in [0.29, 0.717) is 6.42 Å². The van der Waals surface area contributed by atoms with Crippen molar-refractivity contribution < 1.29 is 14.3 Å². The number of hydrogen-bond donors (Lipinski definition) is 0. The van der Waals surface area contributed by atoms with Crippen molar-refractivity contribution in [2.75, 3.05) is 14.2 Å². The largest absolute Gasteiger partial charge is 0.497 e. The third-order valence-electron chi connectivity index (χ3n) is 3.26. The van der Waals surface area contributed by atoms with Crippen LogP contribution in [0.2, 0.25) is 0 Å². The molecule has 4 heteroatoms. The predicted octanol–water partition coefficient (Wildman–Crippen LogP) is 2.90. The van der Waals surface area contributed by atoms with Gasteiger partial charge in [-0.1, -0.05) is 30.3 Å². The van der Waals surface area contributed by atoms with Crippen molar-refractivity contribution in [2.45, 2.75) is 12.5 Å². The first-order chi connectivity index (χ1) is 10.7. The van der Waals surface area contributed by atoms with Crippen LogP contribution in [-0.2, 0) is 16.0 Å². The second kappa shape index (κ2) is 7.98. The number of benzene rings is 2. The summed E-state index contributed by atoms with van der Waals surface area (Å²) in [4.78, 5) is 16.3. The Hall–Kier alpha value is -2.62. The van der Waals surface area contributed by atoms with Crippen molar-refractivity contribution in [1.82, 2.24) is 0 Å². The van der Waals surface area contributed by atoms with Crippen molar-refractivity contribution in [1.29, 1.82) is 0 Å². The van der Waals surface area contributed by atoms with Crippen molar-refractivity contribution in [3.05, 3.63) is 65.7 Å². The molecule has 1 atom stereocenters. The Labute approximate surface area is 130 Å². The fourth-order valence-electron chi connectivity index (χ4n) is 2.04. The van der Waals surface area contributed by atoms with Crippen molar-refractivity contribution in [3.8, 4) is 5.75 Å². The maximum atomic E-state index is 11.9. The fraction of sp³-hybridized carbons (Fsp3) is 0.222. The highest BCUT2D eigenvalue weighted by atomic mass is 16.5. The topological polar surface area (TPSA) is 47.9 Å². The Morgan fingerprint density at radius 2 is 1.77 bits per heavy atom. The van der Waals surface area contributed by atoms with Gasteiger partial charge in [-0.2, -0.15) is 0 Å². The normalized spacial score (nSPS) is 12.1. The lowest BCUT2D eigenvalue weighted by Crippen LogP contribution is -2.23. The van der Waals surface area contributed by atoms with Crippen LogP contribution in [0.1, 0.15) is 11.1 Å². The predicted molar refractivity (Wildman–Crippen MR) is 86.5 cm³/mol. The average molecular weight is 297 g/mol. The minimum Gasteiger partial charge on any atom is -0.497 e. The van der Waals surface area contributed by atoms with Gasteiger partial charge in [-0.15, -0.1) is 0 Å². The van der Waals surface area contributed by atoms with E-state index < -0.39 is 6.04 Å². The molecular formula is C18H19NO3. The van der Waals surface area contributed by atoms with Gasteiger partial charge in [-0.3, -0.25) is 4.99 Å². The molecular weight excluding hydrogens is 278 g/mol. The molecule has 0 spiro atoms. The number of ether oxygens (including phenoxy) is 2. The van der Waals surface area contributed by atoms with E-state index in [1.807, 2.05) is 54.6 Å². The molecule has 0 unspecified atom stereocenters. The molecule has 0 amide bonds. The number of aliphatic imine (C=N–C) groups is 1. The Morgan fingerprint density at radius 1 is 1.09 bits per heavy atom. The molecule has 2 aromatic rings. The number of methoxy groups -OCH3 is 2. The van der Waals surface area contributed by atoms with Crippen LogP contribution in [0.4, 0.5) is 0 Å². The van der Waals surface area contributed by atoms with E-state index in [1.54, 1.807) is 13.3 Å². The Bertz CT molecular complexity index is 621. The summed E-state index contributed by atoms with van der Waals surface area (Å²) < 4.78 is 9.95. The number of esters is 1. The molecule has 0 radical (unpaired) electrons. The van der Waals surface area contributed by atoms with Crippen LogP contribution in [0.5, 0.6) is 5.75 Å². The Kier molecular flexibility index (Phi) is 5.72. The first kappa shape index (κ1) is 15.8. The molecule has 0 heterocycles. The monoisotopic (exact) mass is 297 g/mol. The van der Waals surface area contributed by atoms with Crippen LogP contribution < -0.4 is 4.74 Å². The first-order valence-corrected chi connectivity index (χ1v) is 7.02. The molecule has 0 aromatic heterocycles. The Morgan fingerprint density at radius 3 is 2.36 bits per heavy atom. The van der Waals surface area contributed by atoms with E-state index in [9.17, 15) is 4.79 Å². The van der Waals surface area contributed by atoms with Crippen molar-refractivity contribution in [3.63, 3.8) is 0 Å². The summed E-state index contributed by atoms with van der Waals surface area (Å²) in [5.41, 5.74) is 1.95. The number of hydrogen-bond acceptors (Lipinski definition) is 4. The summed E-state index contributed by atoms with van der Waals surface area (Å²) in [5, 5.41) is 0. The first-order valence-electron chi connectivity index (χ1n) is 7.02. The molecule has 114 valence electrons. The number of rotatable bonds is 6. The molecule has 22 heavy (non-hydrogen) atoms. The summed E-state index contributed by atoms with van der Waals surface area (Å²) in [6, 6.07) is 16.7. The van der Waals surface area contributed by atoms with Crippen LogP contribution in [0, 0.1) is 0 Å².